The van der Waals surface area contributed by atoms with Crippen molar-refractivity contribution in [1.82, 2.24) is 0 Å². The lowest BCUT2D eigenvalue weighted by Gasteiger charge is -2.06. The SMILES string of the molecule is Nc1cccc(S(=O)(=O)c2ccc(/C=C/c3ccc(F)cc3)cc2)c1. The van der Waals surface area contributed by atoms with Crippen molar-refractivity contribution in [2.24, 2.45) is 0 Å². The highest BCUT2D eigenvalue weighted by Crippen LogP contribution is 2.23. The fourth-order valence-electron chi connectivity index (χ4n) is 2.34. The van der Waals surface area contributed by atoms with Gasteiger partial charge in [0.15, 0.2) is 0 Å². The topological polar surface area (TPSA) is 60.2 Å². The van der Waals surface area contributed by atoms with E-state index in [4.69, 9.17) is 5.73 Å². The molecule has 0 radical (unpaired) electrons. The van der Waals surface area contributed by atoms with Gasteiger partial charge < -0.3 is 5.73 Å². The van der Waals surface area contributed by atoms with Gasteiger partial charge in [-0.05, 0) is 53.6 Å². The Morgan fingerprint density at radius 3 is 1.88 bits per heavy atom. The molecule has 0 aliphatic heterocycles. The van der Waals surface area contributed by atoms with Crippen molar-refractivity contribution in [3.63, 3.8) is 0 Å². The molecule has 0 atom stereocenters. The van der Waals surface area contributed by atoms with E-state index < -0.39 is 9.84 Å². The Hall–Kier alpha value is -2.92. The van der Waals surface area contributed by atoms with Crippen LogP contribution < -0.4 is 5.73 Å². The van der Waals surface area contributed by atoms with Crippen LogP contribution in [0.15, 0.2) is 82.6 Å². The molecule has 2 N–H and O–H groups in total. The molecule has 0 fully saturated rings. The highest BCUT2D eigenvalue weighted by Gasteiger charge is 2.17. The Morgan fingerprint density at radius 1 is 0.760 bits per heavy atom. The van der Waals surface area contributed by atoms with Gasteiger partial charge in [-0.25, -0.2) is 12.8 Å². The molecule has 3 rings (SSSR count). The number of hydrogen-bond acceptors (Lipinski definition) is 3. The lowest BCUT2D eigenvalue weighted by molar-refractivity contribution is 0.596. The van der Waals surface area contributed by atoms with Crippen molar-refractivity contribution in [3.8, 4) is 0 Å². The number of anilines is 1. The third-order valence-corrected chi connectivity index (χ3v) is 5.46. The van der Waals surface area contributed by atoms with E-state index in [1.165, 1.54) is 24.3 Å². The minimum atomic E-state index is -3.60. The van der Waals surface area contributed by atoms with Crippen molar-refractivity contribution in [2.45, 2.75) is 9.79 Å². The maximum atomic E-state index is 12.9. The Labute approximate surface area is 146 Å². The van der Waals surface area contributed by atoms with Crippen LogP contribution in [0.25, 0.3) is 12.2 Å². The minimum Gasteiger partial charge on any atom is -0.399 e. The van der Waals surface area contributed by atoms with E-state index in [2.05, 4.69) is 0 Å². The van der Waals surface area contributed by atoms with E-state index >= 15 is 0 Å². The molecule has 3 aromatic rings. The Kier molecular flexibility index (Phi) is 4.67. The zero-order chi connectivity index (χ0) is 17.9. The van der Waals surface area contributed by atoms with Crippen LogP contribution in [0.3, 0.4) is 0 Å². The fraction of sp³-hybridized carbons (Fsp3) is 0. The largest absolute Gasteiger partial charge is 0.399 e. The predicted octanol–water partition coefficient (Wildman–Crippen LogP) is 4.41. The predicted molar refractivity (Wildman–Crippen MR) is 98.1 cm³/mol. The molecule has 0 unspecified atom stereocenters. The number of benzene rings is 3. The van der Waals surface area contributed by atoms with Gasteiger partial charge in [0.2, 0.25) is 9.84 Å². The molecule has 3 aromatic carbocycles. The van der Waals surface area contributed by atoms with Gasteiger partial charge in [0.05, 0.1) is 9.79 Å². The summed E-state index contributed by atoms with van der Waals surface area (Å²) in [6, 6.07) is 18.9. The molecule has 25 heavy (non-hydrogen) atoms. The number of halogens is 1. The average Bonchev–Trinajstić information content (AvgIpc) is 2.62. The number of sulfone groups is 1. The molecule has 0 bridgehead atoms. The molecule has 3 nitrogen and oxygen atoms in total. The maximum absolute atomic E-state index is 12.9. The third-order valence-electron chi connectivity index (χ3n) is 3.70. The van der Waals surface area contributed by atoms with Gasteiger partial charge in [-0.1, -0.05) is 42.5 Å². The highest BCUT2D eigenvalue weighted by molar-refractivity contribution is 7.91. The van der Waals surface area contributed by atoms with E-state index in [0.717, 1.165) is 11.1 Å². The molecule has 0 aliphatic carbocycles. The zero-order valence-corrected chi connectivity index (χ0v) is 14.1. The van der Waals surface area contributed by atoms with Crippen molar-refractivity contribution in [3.05, 3.63) is 89.7 Å². The van der Waals surface area contributed by atoms with Crippen LogP contribution in [0.4, 0.5) is 10.1 Å². The summed E-state index contributed by atoms with van der Waals surface area (Å²) in [6.45, 7) is 0. The Morgan fingerprint density at radius 2 is 1.32 bits per heavy atom. The second-order valence-electron chi connectivity index (χ2n) is 5.53. The number of nitrogens with two attached hydrogens (primary N) is 1. The molecule has 0 spiro atoms. The standard InChI is InChI=1S/C20H16FNO2S/c21-17-10-6-15(7-11-17)4-5-16-8-12-19(13-9-16)25(23,24)20-3-1-2-18(22)14-20/h1-14H,22H2/b5-4+. The summed E-state index contributed by atoms with van der Waals surface area (Å²) in [6.07, 6.45) is 3.67. The van der Waals surface area contributed by atoms with E-state index in [9.17, 15) is 12.8 Å². The Balaban J connectivity index is 1.83. The van der Waals surface area contributed by atoms with Gasteiger partial charge in [0.25, 0.3) is 0 Å². The molecule has 0 saturated heterocycles. The summed E-state index contributed by atoms with van der Waals surface area (Å²) in [5, 5.41) is 0. The zero-order valence-electron chi connectivity index (χ0n) is 13.3. The third kappa shape index (κ3) is 3.95. The second-order valence-corrected chi connectivity index (χ2v) is 7.48. The first-order valence-corrected chi connectivity index (χ1v) is 9.08. The maximum Gasteiger partial charge on any atom is 0.206 e. The molecule has 0 saturated carbocycles. The van der Waals surface area contributed by atoms with Crippen LogP contribution in [-0.2, 0) is 9.84 Å². The molecule has 0 aliphatic rings. The summed E-state index contributed by atoms with van der Waals surface area (Å²) in [7, 11) is -3.60. The van der Waals surface area contributed by atoms with Crippen molar-refractivity contribution in [2.75, 3.05) is 5.73 Å². The molecule has 126 valence electrons. The van der Waals surface area contributed by atoms with Crippen LogP contribution in [0.5, 0.6) is 0 Å². The lowest BCUT2D eigenvalue weighted by Crippen LogP contribution is -2.02. The van der Waals surface area contributed by atoms with Gasteiger partial charge >= 0.3 is 0 Å². The van der Waals surface area contributed by atoms with Gasteiger partial charge in [0.1, 0.15) is 5.82 Å². The number of nitrogen functional groups attached to an aromatic ring is 1. The first kappa shape index (κ1) is 16.9. The van der Waals surface area contributed by atoms with Gasteiger partial charge in [-0.3, -0.25) is 0 Å². The van der Waals surface area contributed by atoms with E-state index in [1.54, 1.807) is 48.5 Å². The van der Waals surface area contributed by atoms with Crippen LogP contribution in [0.1, 0.15) is 11.1 Å². The Bertz CT molecular complexity index is 1010. The number of rotatable bonds is 4. The summed E-state index contributed by atoms with van der Waals surface area (Å²) in [5.74, 6) is -0.284. The first-order chi connectivity index (χ1) is 11.9. The minimum absolute atomic E-state index is 0.169. The van der Waals surface area contributed by atoms with Crippen LogP contribution in [-0.4, -0.2) is 8.42 Å². The van der Waals surface area contributed by atoms with Crippen LogP contribution >= 0.6 is 0 Å². The van der Waals surface area contributed by atoms with Crippen molar-refractivity contribution >= 4 is 27.7 Å². The molecular weight excluding hydrogens is 337 g/mol. The van der Waals surface area contributed by atoms with Crippen molar-refractivity contribution < 1.29 is 12.8 Å². The van der Waals surface area contributed by atoms with E-state index in [-0.39, 0.29) is 15.6 Å². The smallest absolute Gasteiger partial charge is 0.206 e. The number of hydrogen-bond donors (Lipinski definition) is 1. The quantitative estimate of drug-likeness (QED) is 0.558. The normalized spacial score (nSPS) is 11.7. The average molecular weight is 353 g/mol. The highest BCUT2D eigenvalue weighted by atomic mass is 32.2. The van der Waals surface area contributed by atoms with Crippen LogP contribution in [0.2, 0.25) is 0 Å². The molecule has 0 heterocycles. The molecule has 5 heteroatoms. The summed E-state index contributed by atoms with van der Waals surface area (Å²) in [5.41, 5.74) is 7.77. The monoisotopic (exact) mass is 353 g/mol. The van der Waals surface area contributed by atoms with Gasteiger partial charge in [-0.2, -0.15) is 0 Å². The van der Waals surface area contributed by atoms with Gasteiger partial charge in [-0.15, -0.1) is 0 Å². The first-order valence-electron chi connectivity index (χ1n) is 7.59. The van der Waals surface area contributed by atoms with E-state index in [1.807, 2.05) is 12.2 Å². The fourth-order valence-corrected chi connectivity index (χ4v) is 3.66. The second kappa shape index (κ2) is 6.91. The lowest BCUT2D eigenvalue weighted by atomic mass is 10.1. The molecule has 0 aromatic heterocycles. The van der Waals surface area contributed by atoms with Crippen LogP contribution in [0, 0.1) is 5.82 Å². The van der Waals surface area contributed by atoms with Gasteiger partial charge in [0, 0.05) is 5.69 Å². The molecule has 0 amide bonds. The summed E-state index contributed by atoms with van der Waals surface area (Å²) >= 11 is 0. The van der Waals surface area contributed by atoms with Crippen molar-refractivity contribution in [1.29, 1.82) is 0 Å². The summed E-state index contributed by atoms with van der Waals surface area (Å²) in [4.78, 5) is 0.374. The summed E-state index contributed by atoms with van der Waals surface area (Å²) < 4.78 is 38.1. The van der Waals surface area contributed by atoms with E-state index in [0.29, 0.717) is 5.69 Å². The molecular formula is C20H16FNO2S.